The van der Waals surface area contributed by atoms with E-state index in [-0.39, 0.29) is 17.8 Å². The van der Waals surface area contributed by atoms with Gasteiger partial charge in [0.1, 0.15) is 0 Å². The summed E-state index contributed by atoms with van der Waals surface area (Å²) in [4.78, 5) is 21.3. The number of aliphatic imine (C=N–C) groups is 2. The predicted molar refractivity (Wildman–Crippen MR) is 89.1 cm³/mol. The molecule has 0 aliphatic rings. The Balaban J connectivity index is 4.67. The summed E-state index contributed by atoms with van der Waals surface area (Å²) in [5, 5.41) is 0. The van der Waals surface area contributed by atoms with Crippen LogP contribution in [0.25, 0.3) is 0 Å². The minimum absolute atomic E-state index is 0.0766. The van der Waals surface area contributed by atoms with Gasteiger partial charge in [0.05, 0.1) is 0 Å². The Labute approximate surface area is 128 Å². The molecule has 0 aromatic carbocycles. The number of carbonyl (C=O) groups excluding carboxylic acids is 1. The largest absolute Gasteiger partial charge is 0.369 e. The molecular formula is C15H29N5O. The van der Waals surface area contributed by atoms with Gasteiger partial charge < -0.3 is 11.5 Å². The highest BCUT2D eigenvalue weighted by Gasteiger charge is 2.14. The van der Waals surface area contributed by atoms with E-state index in [1.807, 2.05) is 0 Å². The number of nitrogens with zero attached hydrogens (tertiary/aromatic N) is 3. The van der Waals surface area contributed by atoms with Crippen LogP contribution >= 0.6 is 0 Å². The lowest BCUT2D eigenvalue weighted by molar-refractivity contribution is -0.122. The van der Waals surface area contributed by atoms with Crippen LogP contribution in [0.15, 0.2) is 22.6 Å². The Morgan fingerprint density at radius 3 is 2.33 bits per heavy atom. The zero-order chi connectivity index (χ0) is 16.1. The molecule has 4 N–H and O–H groups in total. The zero-order valence-electron chi connectivity index (χ0n) is 13.3. The van der Waals surface area contributed by atoms with Crippen molar-refractivity contribution < 1.29 is 4.79 Å². The van der Waals surface area contributed by atoms with Crippen molar-refractivity contribution in [2.45, 2.75) is 52.4 Å². The van der Waals surface area contributed by atoms with Crippen molar-refractivity contribution in [2.24, 2.45) is 21.5 Å². The van der Waals surface area contributed by atoms with Crippen molar-refractivity contribution in [1.29, 1.82) is 0 Å². The summed E-state index contributed by atoms with van der Waals surface area (Å²) in [6.45, 7) is 8.83. The van der Waals surface area contributed by atoms with E-state index in [1.54, 1.807) is 0 Å². The van der Waals surface area contributed by atoms with Gasteiger partial charge in [-0.05, 0) is 18.9 Å². The van der Waals surface area contributed by atoms with Crippen molar-refractivity contribution in [1.82, 2.24) is 4.90 Å². The standard InChI is InChI=1S/C15H29N5O/c1-4-7-9-11-18-14(16)19-15(17)20(13(21)6-3)12-10-8-5-2/h6H,3-5,7-12H2,1-2H3,(H4,16,17,18,19). The molecule has 0 rings (SSSR count). The Bertz CT molecular complexity index is 376. The van der Waals surface area contributed by atoms with Crippen LogP contribution in [0, 0.1) is 0 Å². The van der Waals surface area contributed by atoms with Crippen LogP contribution in [0.5, 0.6) is 0 Å². The third-order valence-corrected chi connectivity index (χ3v) is 2.97. The fourth-order valence-electron chi connectivity index (χ4n) is 1.74. The Hall–Kier alpha value is -1.85. The average Bonchev–Trinajstić information content (AvgIpc) is 2.47. The van der Waals surface area contributed by atoms with Gasteiger partial charge in [0.25, 0.3) is 5.91 Å². The topological polar surface area (TPSA) is 97.1 Å². The fourth-order valence-corrected chi connectivity index (χ4v) is 1.74. The van der Waals surface area contributed by atoms with Crippen LogP contribution in [0.2, 0.25) is 0 Å². The number of amides is 1. The van der Waals surface area contributed by atoms with E-state index in [2.05, 4.69) is 30.4 Å². The van der Waals surface area contributed by atoms with Gasteiger partial charge >= 0.3 is 0 Å². The summed E-state index contributed by atoms with van der Waals surface area (Å²) in [7, 11) is 0. The first-order valence-electron chi connectivity index (χ1n) is 7.64. The van der Waals surface area contributed by atoms with Crippen LogP contribution in [0.3, 0.4) is 0 Å². The zero-order valence-corrected chi connectivity index (χ0v) is 13.3. The number of unbranched alkanes of at least 4 members (excludes halogenated alkanes) is 4. The number of nitrogens with two attached hydrogens (primary N) is 2. The Morgan fingerprint density at radius 1 is 1.14 bits per heavy atom. The van der Waals surface area contributed by atoms with Crippen molar-refractivity contribution in [3.8, 4) is 0 Å². The van der Waals surface area contributed by atoms with Crippen LogP contribution in [-0.2, 0) is 4.79 Å². The molecule has 0 radical (unpaired) electrons. The van der Waals surface area contributed by atoms with Crippen LogP contribution < -0.4 is 11.5 Å². The molecule has 0 aliphatic heterocycles. The Kier molecular flexibility index (Phi) is 10.9. The van der Waals surface area contributed by atoms with Gasteiger partial charge in [0.2, 0.25) is 11.9 Å². The molecule has 0 unspecified atom stereocenters. The van der Waals surface area contributed by atoms with Crippen molar-refractivity contribution in [2.75, 3.05) is 13.1 Å². The molecule has 0 aromatic rings. The van der Waals surface area contributed by atoms with Crippen molar-refractivity contribution in [3.05, 3.63) is 12.7 Å². The highest BCUT2D eigenvalue weighted by molar-refractivity contribution is 6.04. The second-order valence-corrected chi connectivity index (χ2v) is 4.82. The molecule has 0 spiro atoms. The molecule has 0 heterocycles. The van der Waals surface area contributed by atoms with Gasteiger partial charge in [0.15, 0.2) is 0 Å². The highest BCUT2D eigenvalue weighted by atomic mass is 16.2. The van der Waals surface area contributed by atoms with Crippen molar-refractivity contribution >= 4 is 17.8 Å². The van der Waals surface area contributed by atoms with E-state index in [4.69, 9.17) is 11.5 Å². The smallest absolute Gasteiger partial charge is 0.252 e. The molecule has 0 bridgehead atoms. The quantitative estimate of drug-likeness (QED) is 0.295. The van der Waals surface area contributed by atoms with Crippen molar-refractivity contribution in [3.63, 3.8) is 0 Å². The minimum atomic E-state index is -0.272. The van der Waals surface area contributed by atoms with Crippen LogP contribution in [-0.4, -0.2) is 35.8 Å². The molecule has 0 saturated carbocycles. The summed E-state index contributed by atoms with van der Waals surface area (Å²) >= 11 is 0. The first-order chi connectivity index (χ1) is 10.1. The number of hydrogen-bond acceptors (Lipinski definition) is 2. The molecule has 6 heteroatoms. The van der Waals surface area contributed by atoms with E-state index in [1.165, 1.54) is 11.0 Å². The number of carbonyl (C=O) groups is 1. The summed E-state index contributed by atoms with van der Waals surface area (Å²) < 4.78 is 0. The lowest BCUT2D eigenvalue weighted by atomic mass is 10.2. The molecule has 6 nitrogen and oxygen atoms in total. The van der Waals surface area contributed by atoms with E-state index in [0.717, 1.165) is 38.5 Å². The van der Waals surface area contributed by atoms with Gasteiger partial charge in [-0.15, -0.1) is 0 Å². The minimum Gasteiger partial charge on any atom is -0.369 e. The summed E-state index contributed by atoms with van der Waals surface area (Å²) in [5.41, 5.74) is 11.6. The SMILES string of the molecule is C=CC(=O)N(CCCCC)C(N)=NC(N)=NCCCCC. The van der Waals surface area contributed by atoms with Crippen LogP contribution in [0.4, 0.5) is 0 Å². The maximum absolute atomic E-state index is 11.8. The Morgan fingerprint density at radius 2 is 1.76 bits per heavy atom. The second-order valence-electron chi connectivity index (χ2n) is 4.82. The maximum Gasteiger partial charge on any atom is 0.252 e. The molecule has 120 valence electrons. The molecule has 1 amide bonds. The lowest BCUT2D eigenvalue weighted by Gasteiger charge is -2.19. The third kappa shape index (κ3) is 8.83. The van der Waals surface area contributed by atoms with E-state index in [0.29, 0.717) is 13.1 Å². The van der Waals surface area contributed by atoms with Gasteiger partial charge in [-0.2, -0.15) is 4.99 Å². The normalized spacial score (nSPS) is 12.3. The molecule has 0 atom stereocenters. The van der Waals surface area contributed by atoms with E-state index in [9.17, 15) is 4.79 Å². The maximum atomic E-state index is 11.8. The summed E-state index contributed by atoms with van der Waals surface area (Å²) in [6, 6.07) is 0. The van der Waals surface area contributed by atoms with Gasteiger partial charge in [0, 0.05) is 13.1 Å². The molecule has 0 fully saturated rings. The first-order valence-corrected chi connectivity index (χ1v) is 7.64. The molecule has 0 saturated heterocycles. The number of guanidine groups is 2. The molecular weight excluding hydrogens is 266 g/mol. The summed E-state index contributed by atoms with van der Waals surface area (Å²) in [5.74, 6) is -0.0835. The van der Waals surface area contributed by atoms with E-state index >= 15 is 0 Å². The van der Waals surface area contributed by atoms with Crippen LogP contribution in [0.1, 0.15) is 52.4 Å². The first kappa shape index (κ1) is 19.1. The molecule has 0 aliphatic carbocycles. The third-order valence-electron chi connectivity index (χ3n) is 2.97. The lowest BCUT2D eigenvalue weighted by Crippen LogP contribution is -2.42. The fraction of sp³-hybridized carbons (Fsp3) is 0.667. The monoisotopic (exact) mass is 295 g/mol. The van der Waals surface area contributed by atoms with E-state index < -0.39 is 0 Å². The average molecular weight is 295 g/mol. The summed E-state index contributed by atoms with van der Waals surface area (Å²) in [6.07, 6.45) is 7.37. The molecule has 21 heavy (non-hydrogen) atoms. The number of hydrogen-bond donors (Lipinski definition) is 2. The second kappa shape index (κ2) is 11.9. The highest BCUT2D eigenvalue weighted by Crippen LogP contribution is 2.00. The molecule has 0 aromatic heterocycles. The number of rotatable bonds is 9. The predicted octanol–water partition coefficient (Wildman–Crippen LogP) is 2.01. The van der Waals surface area contributed by atoms with Gasteiger partial charge in [-0.3, -0.25) is 14.7 Å². The van der Waals surface area contributed by atoms with Gasteiger partial charge in [-0.1, -0.05) is 46.1 Å². The van der Waals surface area contributed by atoms with Gasteiger partial charge in [-0.25, -0.2) is 0 Å².